The molecule has 0 radical (unpaired) electrons. The maximum absolute atomic E-state index is 12.4. The van der Waals surface area contributed by atoms with Crippen LogP contribution in [0, 0.1) is 0 Å². The third-order valence-corrected chi connectivity index (χ3v) is 6.73. The van der Waals surface area contributed by atoms with Crippen molar-refractivity contribution in [3.05, 3.63) is 18.3 Å². The monoisotopic (exact) mass is 340 g/mol. The van der Waals surface area contributed by atoms with Crippen LogP contribution in [-0.4, -0.2) is 59.1 Å². The SMILES string of the molecule is CC(C)S(=O)(=O)[C@@H](C)C(=O)N1CCC(Nc2cccnn2)CC1. The van der Waals surface area contributed by atoms with Gasteiger partial charge in [-0.05, 0) is 45.7 Å². The molecule has 7 nitrogen and oxygen atoms in total. The molecule has 1 aliphatic rings. The van der Waals surface area contributed by atoms with Crippen molar-refractivity contribution in [2.75, 3.05) is 18.4 Å². The average Bonchev–Trinajstić information content (AvgIpc) is 2.55. The molecule has 0 unspecified atom stereocenters. The Morgan fingerprint density at radius 2 is 1.96 bits per heavy atom. The van der Waals surface area contributed by atoms with Crippen molar-refractivity contribution in [2.24, 2.45) is 0 Å². The summed E-state index contributed by atoms with van der Waals surface area (Å²) in [5.74, 6) is 0.421. The van der Waals surface area contributed by atoms with Crippen LogP contribution < -0.4 is 5.32 Å². The van der Waals surface area contributed by atoms with Crippen molar-refractivity contribution in [3.8, 4) is 0 Å². The highest BCUT2D eigenvalue weighted by Crippen LogP contribution is 2.18. The summed E-state index contributed by atoms with van der Waals surface area (Å²) in [4.78, 5) is 14.1. The van der Waals surface area contributed by atoms with Crippen LogP contribution in [-0.2, 0) is 14.6 Å². The minimum atomic E-state index is -3.41. The maximum atomic E-state index is 12.4. The highest BCUT2D eigenvalue weighted by atomic mass is 32.2. The van der Waals surface area contributed by atoms with Gasteiger partial charge in [0.25, 0.3) is 0 Å². The van der Waals surface area contributed by atoms with E-state index < -0.39 is 20.3 Å². The van der Waals surface area contributed by atoms with E-state index in [-0.39, 0.29) is 11.9 Å². The van der Waals surface area contributed by atoms with Crippen LogP contribution in [0.3, 0.4) is 0 Å². The molecular formula is C15H24N4O3S. The van der Waals surface area contributed by atoms with E-state index in [1.54, 1.807) is 24.9 Å². The molecule has 8 heteroatoms. The van der Waals surface area contributed by atoms with E-state index in [1.807, 2.05) is 12.1 Å². The first kappa shape index (κ1) is 17.7. The molecule has 2 heterocycles. The fourth-order valence-corrected chi connectivity index (χ4v) is 3.88. The number of anilines is 1. The van der Waals surface area contributed by atoms with Gasteiger partial charge in [-0.3, -0.25) is 4.79 Å². The summed E-state index contributed by atoms with van der Waals surface area (Å²) < 4.78 is 24.3. The molecule has 1 aromatic rings. The van der Waals surface area contributed by atoms with Crippen molar-refractivity contribution >= 4 is 21.6 Å². The zero-order valence-electron chi connectivity index (χ0n) is 13.8. The molecule has 1 saturated heterocycles. The summed E-state index contributed by atoms with van der Waals surface area (Å²) in [6.07, 6.45) is 3.14. The van der Waals surface area contributed by atoms with Crippen LogP contribution in [0.25, 0.3) is 0 Å². The average molecular weight is 340 g/mol. The van der Waals surface area contributed by atoms with Crippen LogP contribution in [0.5, 0.6) is 0 Å². The summed E-state index contributed by atoms with van der Waals surface area (Å²) in [5, 5.41) is 9.57. The molecule has 0 spiro atoms. The number of amides is 1. The summed E-state index contributed by atoms with van der Waals surface area (Å²) in [7, 11) is -3.41. The molecule has 1 fully saturated rings. The second-order valence-corrected chi connectivity index (χ2v) is 8.96. The number of nitrogens with one attached hydrogen (secondary N) is 1. The molecule has 1 amide bonds. The summed E-state index contributed by atoms with van der Waals surface area (Å²) >= 11 is 0. The lowest BCUT2D eigenvalue weighted by molar-refractivity contribution is -0.131. The molecule has 1 N–H and O–H groups in total. The van der Waals surface area contributed by atoms with Gasteiger partial charge in [-0.15, -0.1) is 5.10 Å². The highest BCUT2D eigenvalue weighted by molar-refractivity contribution is 7.93. The first-order valence-corrected chi connectivity index (χ1v) is 9.49. The van der Waals surface area contributed by atoms with Crippen molar-refractivity contribution in [1.82, 2.24) is 15.1 Å². The number of aromatic nitrogens is 2. The number of nitrogens with zero attached hydrogens (tertiary/aromatic N) is 3. The van der Waals surface area contributed by atoms with Crippen molar-refractivity contribution in [2.45, 2.75) is 50.2 Å². The van der Waals surface area contributed by atoms with Gasteiger partial charge < -0.3 is 10.2 Å². The third-order valence-electron chi connectivity index (χ3n) is 4.23. The van der Waals surface area contributed by atoms with Gasteiger partial charge >= 0.3 is 0 Å². The molecule has 1 aliphatic heterocycles. The molecule has 2 rings (SSSR count). The highest BCUT2D eigenvalue weighted by Gasteiger charge is 2.35. The van der Waals surface area contributed by atoms with E-state index in [2.05, 4.69) is 15.5 Å². The predicted molar refractivity (Wildman–Crippen MR) is 88.8 cm³/mol. The largest absolute Gasteiger partial charge is 0.366 e. The van der Waals surface area contributed by atoms with E-state index in [0.29, 0.717) is 18.9 Å². The quantitative estimate of drug-likeness (QED) is 0.862. The number of sulfone groups is 1. The van der Waals surface area contributed by atoms with Gasteiger partial charge in [-0.1, -0.05) is 0 Å². The van der Waals surface area contributed by atoms with Crippen LogP contribution in [0.15, 0.2) is 18.3 Å². The zero-order chi connectivity index (χ0) is 17.0. The molecule has 0 bridgehead atoms. The molecule has 0 aromatic carbocycles. The molecule has 0 saturated carbocycles. The van der Waals surface area contributed by atoms with Gasteiger partial charge in [-0.25, -0.2) is 8.42 Å². The van der Waals surface area contributed by atoms with Gasteiger partial charge in [0.15, 0.2) is 9.84 Å². The van der Waals surface area contributed by atoms with E-state index in [4.69, 9.17) is 0 Å². The van der Waals surface area contributed by atoms with Gasteiger partial charge in [0, 0.05) is 25.3 Å². The summed E-state index contributed by atoms with van der Waals surface area (Å²) in [5.41, 5.74) is 0. The summed E-state index contributed by atoms with van der Waals surface area (Å²) in [6.45, 7) is 5.80. The van der Waals surface area contributed by atoms with Gasteiger partial charge in [0.1, 0.15) is 11.1 Å². The topological polar surface area (TPSA) is 92.3 Å². The Hall–Kier alpha value is -1.70. The van der Waals surface area contributed by atoms with Crippen molar-refractivity contribution < 1.29 is 13.2 Å². The van der Waals surface area contributed by atoms with E-state index in [1.165, 1.54) is 6.92 Å². The zero-order valence-corrected chi connectivity index (χ0v) is 14.6. The van der Waals surface area contributed by atoms with Crippen molar-refractivity contribution in [1.29, 1.82) is 0 Å². The van der Waals surface area contributed by atoms with Crippen LogP contribution in [0.4, 0.5) is 5.82 Å². The number of carbonyl (C=O) groups excluding carboxylic acids is 1. The molecule has 0 aliphatic carbocycles. The number of piperidine rings is 1. The first-order valence-electron chi connectivity index (χ1n) is 7.88. The summed E-state index contributed by atoms with van der Waals surface area (Å²) in [6, 6.07) is 3.88. The van der Waals surface area contributed by atoms with Crippen LogP contribution in [0.1, 0.15) is 33.6 Å². The smallest absolute Gasteiger partial charge is 0.240 e. The second-order valence-electron chi connectivity index (χ2n) is 6.13. The van der Waals surface area contributed by atoms with Crippen LogP contribution in [0.2, 0.25) is 0 Å². The number of carbonyl (C=O) groups is 1. The lowest BCUT2D eigenvalue weighted by Gasteiger charge is -2.34. The molecule has 1 aromatic heterocycles. The lowest BCUT2D eigenvalue weighted by Crippen LogP contribution is -2.48. The van der Waals surface area contributed by atoms with Crippen molar-refractivity contribution in [3.63, 3.8) is 0 Å². The predicted octanol–water partition coefficient (Wildman–Crippen LogP) is 1.09. The Morgan fingerprint density at radius 1 is 1.30 bits per heavy atom. The lowest BCUT2D eigenvalue weighted by atomic mass is 10.0. The Labute approximate surface area is 137 Å². The van der Waals surface area contributed by atoms with Gasteiger partial charge in [-0.2, -0.15) is 5.10 Å². The molecule has 23 heavy (non-hydrogen) atoms. The minimum Gasteiger partial charge on any atom is -0.366 e. The fourth-order valence-electron chi connectivity index (χ4n) is 2.64. The van der Waals surface area contributed by atoms with E-state index in [0.717, 1.165) is 12.8 Å². The third kappa shape index (κ3) is 4.19. The Morgan fingerprint density at radius 3 is 2.48 bits per heavy atom. The van der Waals surface area contributed by atoms with E-state index >= 15 is 0 Å². The number of likely N-dealkylation sites (tertiary alicyclic amines) is 1. The van der Waals surface area contributed by atoms with Crippen LogP contribution >= 0.6 is 0 Å². The standard InChI is InChI=1S/C15H24N4O3S/c1-11(2)23(21,22)12(3)15(20)19-9-6-13(7-10-19)17-14-5-4-8-16-18-14/h4-5,8,11-13H,6-7,9-10H2,1-3H3,(H,17,18)/t12-/m0/s1. The maximum Gasteiger partial charge on any atom is 0.240 e. The Balaban J connectivity index is 1.90. The van der Waals surface area contributed by atoms with Gasteiger partial charge in [0.2, 0.25) is 5.91 Å². The molecular weight excluding hydrogens is 316 g/mol. The van der Waals surface area contributed by atoms with E-state index in [9.17, 15) is 13.2 Å². The first-order chi connectivity index (χ1) is 10.8. The second kappa shape index (κ2) is 7.25. The molecule has 1 atom stereocenters. The minimum absolute atomic E-state index is 0.216. The Bertz CT molecular complexity index is 625. The normalized spacial score (nSPS) is 18.0. The van der Waals surface area contributed by atoms with Gasteiger partial charge in [0.05, 0.1) is 5.25 Å². The Kier molecular flexibility index (Phi) is 5.56. The number of hydrogen-bond acceptors (Lipinski definition) is 6. The number of hydrogen-bond donors (Lipinski definition) is 1. The molecule has 128 valence electrons. The fraction of sp³-hybridized carbons (Fsp3) is 0.667. The number of rotatable bonds is 5.